The lowest BCUT2D eigenvalue weighted by atomic mass is 9.95. The van der Waals surface area contributed by atoms with E-state index in [0.717, 1.165) is 17.7 Å². The second-order valence-electron chi connectivity index (χ2n) is 5.14. The minimum absolute atomic E-state index is 0.0712. The van der Waals surface area contributed by atoms with Gasteiger partial charge in [-0.1, -0.05) is 25.5 Å². The third-order valence-electron chi connectivity index (χ3n) is 3.25. The molecular formula is C15H24N2O2. The Bertz CT molecular complexity index is 413. The van der Waals surface area contributed by atoms with E-state index in [9.17, 15) is 4.79 Å². The molecule has 4 nitrogen and oxygen atoms in total. The van der Waals surface area contributed by atoms with Gasteiger partial charge in [0.1, 0.15) is 5.75 Å². The lowest BCUT2D eigenvalue weighted by molar-refractivity contribution is -0.126. The molecule has 0 radical (unpaired) electrons. The van der Waals surface area contributed by atoms with Crippen molar-refractivity contribution in [2.75, 3.05) is 7.11 Å². The zero-order chi connectivity index (χ0) is 14.5. The smallest absolute Gasteiger partial charge is 0.240 e. The normalized spacial score (nSPS) is 15.4. The van der Waals surface area contributed by atoms with E-state index in [-0.39, 0.29) is 11.9 Å². The minimum Gasteiger partial charge on any atom is -0.497 e. The van der Waals surface area contributed by atoms with Gasteiger partial charge in [0.25, 0.3) is 0 Å². The summed E-state index contributed by atoms with van der Waals surface area (Å²) in [7, 11) is 1.63. The molecule has 1 aromatic rings. The van der Waals surface area contributed by atoms with Crippen LogP contribution in [0.1, 0.15) is 45.2 Å². The first-order valence-corrected chi connectivity index (χ1v) is 6.64. The molecular weight excluding hydrogens is 240 g/mol. The predicted octanol–water partition coefficient (Wildman–Crippen LogP) is 2.39. The first kappa shape index (κ1) is 15.5. The van der Waals surface area contributed by atoms with E-state index in [2.05, 4.69) is 5.32 Å². The van der Waals surface area contributed by atoms with Gasteiger partial charge in [0.05, 0.1) is 18.7 Å². The summed E-state index contributed by atoms with van der Waals surface area (Å²) in [6.45, 7) is 5.74. The largest absolute Gasteiger partial charge is 0.497 e. The van der Waals surface area contributed by atoms with Crippen molar-refractivity contribution in [3.05, 3.63) is 29.8 Å². The van der Waals surface area contributed by atoms with Crippen LogP contribution >= 0.6 is 0 Å². The highest BCUT2D eigenvalue weighted by Gasteiger charge is 2.28. The van der Waals surface area contributed by atoms with E-state index >= 15 is 0 Å². The Kier molecular flexibility index (Phi) is 5.36. The number of amides is 1. The Hall–Kier alpha value is -1.55. The molecule has 0 saturated heterocycles. The van der Waals surface area contributed by atoms with E-state index in [4.69, 9.17) is 10.5 Å². The Morgan fingerprint density at radius 1 is 1.42 bits per heavy atom. The van der Waals surface area contributed by atoms with Crippen molar-refractivity contribution >= 4 is 5.91 Å². The van der Waals surface area contributed by atoms with Crippen LogP contribution in [0.5, 0.6) is 5.75 Å². The third-order valence-corrected chi connectivity index (χ3v) is 3.25. The van der Waals surface area contributed by atoms with E-state index in [1.165, 1.54) is 0 Å². The van der Waals surface area contributed by atoms with Crippen LogP contribution in [0.2, 0.25) is 0 Å². The van der Waals surface area contributed by atoms with Crippen molar-refractivity contribution < 1.29 is 9.53 Å². The van der Waals surface area contributed by atoms with Crippen molar-refractivity contribution in [3.63, 3.8) is 0 Å². The highest BCUT2D eigenvalue weighted by atomic mass is 16.5. The number of methoxy groups -OCH3 is 1. The number of nitrogens with two attached hydrogens (primary N) is 1. The number of hydrogen-bond acceptors (Lipinski definition) is 3. The van der Waals surface area contributed by atoms with Crippen molar-refractivity contribution in [2.24, 2.45) is 5.73 Å². The average Bonchev–Trinajstić information content (AvgIpc) is 2.38. The molecule has 1 amide bonds. The van der Waals surface area contributed by atoms with Gasteiger partial charge in [-0.3, -0.25) is 4.79 Å². The van der Waals surface area contributed by atoms with Crippen LogP contribution < -0.4 is 15.8 Å². The molecule has 3 N–H and O–H groups in total. The molecule has 0 aliphatic carbocycles. The zero-order valence-corrected chi connectivity index (χ0v) is 12.2. The summed E-state index contributed by atoms with van der Waals surface area (Å²) in [5.74, 6) is 0.689. The fourth-order valence-corrected chi connectivity index (χ4v) is 1.97. The molecule has 0 bridgehead atoms. The fraction of sp³-hybridized carbons (Fsp3) is 0.533. The molecule has 106 valence electrons. The summed E-state index contributed by atoms with van der Waals surface area (Å²) in [5, 5.41) is 2.95. The highest BCUT2D eigenvalue weighted by molar-refractivity contribution is 5.85. The number of carbonyl (C=O) groups is 1. The van der Waals surface area contributed by atoms with Gasteiger partial charge >= 0.3 is 0 Å². The number of ether oxygens (including phenoxy) is 1. The zero-order valence-electron chi connectivity index (χ0n) is 12.2. The van der Waals surface area contributed by atoms with Gasteiger partial charge in [-0.25, -0.2) is 0 Å². The van der Waals surface area contributed by atoms with E-state index in [1.807, 2.05) is 38.1 Å². The molecule has 1 unspecified atom stereocenters. The van der Waals surface area contributed by atoms with Gasteiger partial charge in [-0.15, -0.1) is 0 Å². The van der Waals surface area contributed by atoms with E-state index < -0.39 is 5.54 Å². The standard InChI is InChI=1S/C15H24N2O2/c1-5-10-15(3,16)14(18)17-11(2)12-6-8-13(19-4)9-7-12/h6-9,11H,5,10,16H2,1-4H3,(H,17,18)/t11-,15?/m0/s1. The number of carbonyl (C=O) groups excluding carboxylic acids is 1. The van der Waals surface area contributed by atoms with Gasteiger partial charge in [0.15, 0.2) is 0 Å². The predicted molar refractivity (Wildman–Crippen MR) is 77.1 cm³/mol. The summed E-state index contributed by atoms with van der Waals surface area (Å²) < 4.78 is 5.11. The summed E-state index contributed by atoms with van der Waals surface area (Å²) in [4.78, 5) is 12.1. The van der Waals surface area contributed by atoms with Crippen LogP contribution in [0, 0.1) is 0 Å². The molecule has 0 heterocycles. The van der Waals surface area contributed by atoms with Gasteiger partial charge in [0.2, 0.25) is 5.91 Å². The Morgan fingerprint density at radius 2 is 2.00 bits per heavy atom. The molecule has 0 saturated carbocycles. The second-order valence-corrected chi connectivity index (χ2v) is 5.14. The Morgan fingerprint density at radius 3 is 2.47 bits per heavy atom. The number of hydrogen-bond donors (Lipinski definition) is 2. The van der Waals surface area contributed by atoms with Crippen LogP contribution in [0.3, 0.4) is 0 Å². The van der Waals surface area contributed by atoms with Crippen LogP contribution in [0.15, 0.2) is 24.3 Å². The fourth-order valence-electron chi connectivity index (χ4n) is 1.97. The van der Waals surface area contributed by atoms with Crippen LogP contribution in [0.25, 0.3) is 0 Å². The third kappa shape index (κ3) is 4.24. The summed E-state index contributed by atoms with van der Waals surface area (Å²) >= 11 is 0. The van der Waals surface area contributed by atoms with Crippen molar-refractivity contribution in [1.82, 2.24) is 5.32 Å². The molecule has 0 fully saturated rings. The van der Waals surface area contributed by atoms with Gasteiger partial charge in [0, 0.05) is 0 Å². The molecule has 1 aromatic carbocycles. The molecule has 0 aliphatic heterocycles. The monoisotopic (exact) mass is 264 g/mol. The highest BCUT2D eigenvalue weighted by Crippen LogP contribution is 2.18. The Labute approximate surface area is 115 Å². The first-order chi connectivity index (χ1) is 8.90. The summed E-state index contributed by atoms with van der Waals surface area (Å²) in [6.07, 6.45) is 1.56. The van der Waals surface area contributed by atoms with Gasteiger partial charge in [-0.2, -0.15) is 0 Å². The summed E-state index contributed by atoms with van der Waals surface area (Å²) in [5.41, 5.74) is 6.23. The lowest BCUT2D eigenvalue weighted by Crippen LogP contribution is -2.51. The van der Waals surface area contributed by atoms with Crippen LogP contribution in [-0.2, 0) is 4.79 Å². The first-order valence-electron chi connectivity index (χ1n) is 6.64. The second kappa shape index (κ2) is 6.57. The van der Waals surface area contributed by atoms with Gasteiger partial charge < -0.3 is 15.8 Å². The van der Waals surface area contributed by atoms with Crippen LogP contribution in [-0.4, -0.2) is 18.6 Å². The summed E-state index contributed by atoms with van der Waals surface area (Å²) in [6, 6.07) is 7.57. The molecule has 2 atom stereocenters. The van der Waals surface area contributed by atoms with Crippen molar-refractivity contribution in [2.45, 2.75) is 45.2 Å². The van der Waals surface area contributed by atoms with Crippen molar-refractivity contribution in [3.8, 4) is 5.75 Å². The molecule has 0 aromatic heterocycles. The molecule has 0 spiro atoms. The lowest BCUT2D eigenvalue weighted by Gasteiger charge is -2.25. The van der Waals surface area contributed by atoms with E-state index in [1.54, 1.807) is 14.0 Å². The molecule has 4 heteroatoms. The SMILES string of the molecule is CCCC(C)(N)C(=O)N[C@@H](C)c1ccc(OC)cc1. The van der Waals surface area contributed by atoms with Gasteiger partial charge in [-0.05, 0) is 38.0 Å². The maximum absolute atomic E-state index is 12.1. The number of rotatable bonds is 6. The number of nitrogens with one attached hydrogen (secondary N) is 1. The minimum atomic E-state index is -0.810. The Balaban J connectivity index is 2.68. The van der Waals surface area contributed by atoms with E-state index in [0.29, 0.717) is 6.42 Å². The maximum atomic E-state index is 12.1. The van der Waals surface area contributed by atoms with Crippen LogP contribution in [0.4, 0.5) is 0 Å². The topological polar surface area (TPSA) is 64.4 Å². The molecule has 19 heavy (non-hydrogen) atoms. The average molecular weight is 264 g/mol. The quantitative estimate of drug-likeness (QED) is 0.829. The molecule has 0 aliphatic rings. The number of benzene rings is 1. The maximum Gasteiger partial charge on any atom is 0.240 e. The molecule has 1 rings (SSSR count). The van der Waals surface area contributed by atoms with Crippen molar-refractivity contribution in [1.29, 1.82) is 0 Å².